The van der Waals surface area contributed by atoms with E-state index in [2.05, 4.69) is 62.5 Å². The van der Waals surface area contributed by atoms with Crippen molar-refractivity contribution in [3.8, 4) is 5.75 Å². The van der Waals surface area contributed by atoms with Crippen LogP contribution < -0.4 is 15.0 Å². The molecule has 0 amide bonds. The molecular formula is C24H24BrClN2O2. The van der Waals surface area contributed by atoms with Crippen LogP contribution in [-0.4, -0.2) is 26.3 Å². The van der Waals surface area contributed by atoms with E-state index in [1.165, 1.54) is 0 Å². The summed E-state index contributed by atoms with van der Waals surface area (Å²) in [5.41, 5.74) is 4.36. The maximum Gasteiger partial charge on any atom is 0.134 e. The first kappa shape index (κ1) is 21.0. The van der Waals surface area contributed by atoms with Gasteiger partial charge in [-0.3, -0.25) is 0 Å². The van der Waals surface area contributed by atoms with Gasteiger partial charge in [0.1, 0.15) is 12.4 Å². The van der Waals surface area contributed by atoms with E-state index >= 15 is 0 Å². The summed E-state index contributed by atoms with van der Waals surface area (Å²) < 4.78 is 12.3. The zero-order valence-electron chi connectivity index (χ0n) is 16.6. The van der Waals surface area contributed by atoms with Crippen molar-refractivity contribution >= 4 is 38.9 Å². The number of ether oxygens (including phenoxy) is 2. The molecule has 1 aliphatic heterocycles. The Morgan fingerprint density at radius 3 is 2.50 bits per heavy atom. The molecule has 0 unspecified atom stereocenters. The standard InChI is InChI=1S/C24H24BrClN2O2/c25-21-14-19(6-9-24(21)30-17-18-4-2-1-3-5-18)16-27-20-7-8-23(22(26)15-20)28-10-12-29-13-11-28/h1-9,14-15,27H,10-13,16-17H2. The summed E-state index contributed by atoms with van der Waals surface area (Å²) in [5.74, 6) is 0.834. The monoisotopic (exact) mass is 486 g/mol. The van der Waals surface area contributed by atoms with Crippen molar-refractivity contribution in [2.45, 2.75) is 13.2 Å². The summed E-state index contributed by atoms with van der Waals surface area (Å²) in [6.07, 6.45) is 0. The van der Waals surface area contributed by atoms with Crippen LogP contribution in [0.2, 0.25) is 5.02 Å². The number of halogens is 2. The Labute approximate surface area is 190 Å². The van der Waals surface area contributed by atoms with Gasteiger partial charge in [-0.05, 0) is 57.4 Å². The van der Waals surface area contributed by atoms with E-state index < -0.39 is 0 Å². The van der Waals surface area contributed by atoms with Crippen LogP contribution in [0.25, 0.3) is 0 Å². The van der Waals surface area contributed by atoms with E-state index in [0.717, 1.165) is 64.0 Å². The topological polar surface area (TPSA) is 33.7 Å². The van der Waals surface area contributed by atoms with Gasteiger partial charge in [-0.2, -0.15) is 0 Å². The zero-order valence-corrected chi connectivity index (χ0v) is 19.0. The average Bonchev–Trinajstić information content (AvgIpc) is 2.78. The predicted molar refractivity (Wildman–Crippen MR) is 127 cm³/mol. The van der Waals surface area contributed by atoms with E-state index in [1.807, 2.05) is 30.3 Å². The highest BCUT2D eigenvalue weighted by molar-refractivity contribution is 9.10. The quantitative estimate of drug-likeness (QED) is 0.435. The Kier molecular flexibility index (Phi) is 7.16. The molecular weight excluding hydrogens is 464 g/mol. The number of benzene rings is 3. The fraction of sp³-hybridized carbons (Fsp3) is 0.250. The van der Waals surface area contributed by atoms with E-state index in [0.29, 0.717) is 13.2 Å². The molecule has 1 fully saturated rings. The third-order valence-corrected chi connectivity index (χ3v) is 5.95. The summed E-state index contributed by atoms with van der Waals surface area (Å²) in [6.45, 7) is 4.49. The molecule has 156 valence electrons. The first-order valence-corrected chi connectivity index (χ1v) is 11.2. The number of anilines is 2. The molecule has 3 aromatic carbocycles. The number of nitrogens with zero attached hydrogens (tertiary/aromatic N) is 1. The molecule has 1 aliphatic rings. The minimum Gasteiger partial charge on any atom is -0.488 e. The van der Waals surface area contributed by atoms with Crippen LogP contribution >= 0.6 is 27.5 Å². The van der Waals surface area contributed by atoms with Crippen molar-refractivity contribution in [2.24, 2.45) is 0 Å². The van der Waals surface area contributed by atoms with Gasteiger partial charge in [-0.25, -0.2) is 0 Å². The van der Waals surface area contributed by atoms with E-state index in [4.69, 9.17) is 21.1 Å². The number of rotatable bonds is 7. The Hall–Kier alpha value is -2.21. The molecule has 1 N–H and O–H groups in total. The van der Waals surface area contributed by atoms with Crippen molar-refractivity contribution in [1.82, 2.24) is 0 Å². The van der Waals surface area contributed by atoms with Gasteiger partial charge in [-0.1, -0.05) is 48.0 Å². The van der Waals surface area contributed by atoms with Crippen molar-refractivity contribution in [3.63, 3.8) is 0 Å². The zero-order chi connectivity index (χ0) is 20.8. The molecule has 1 saturated heterocycles. The van der Waals surface area contributed by atoms with Crippen LogP contribution in [0, 0.1) is 0 Å². The lowest BCUT2D eigenvalue weighted by molar-refractivity contribution is 0.122. The van der Waals surface area contributed by atoms with Crippen LogP contribution in [0.15, 0.2) is 71.2 Å². The fourth-order valence-electron chi connectivity index (χ4n) is 3.39. The summed E-state index contributed by atoms with van der Waals surface area (Å²) in [4.78, 5) is 2.26. The first-order chi connectivity index (χ1) is 14.7. The number of hydrogen-bond donors (Lipinski definition) is 1. The van der Waals surface area contributed by atoms with Gasteiger partial charge in [0.05, 0.1) is 28.4 Å². The van der Waals surface area contributed by atoms with Gasteiger partial charge in [0, 0.05) is 25.3 Å². The van der Waals surface area contributed by atoms with Gasteiger partial charge < -0.3 is 19.7 Å². The van der Waals surface area contributed by atoms with Gasteiger partial charge in [0.25, 0.3) is 0 Å². The van der Waals surface area contributed by atoms with Crippen LogP contribution in [-0.2, 0) is 17.9 Å². The highest BCUT2D eigenvalue weighted by Gasteiger charge is 2.14. The Morgan fingerprint density at radius 1 is 0.967 bits per heavy atom. The third-order valence-electron chi connectivity index (χ3n) is 5.03. The molecule has 0 saturated carbocycles. The first-order valence-electron chi connectivity index (χ1n) is 10.0. The second kappa shape index (κ2) is 10.2. The molecule has 1 heterocycles. The predicted octanol–water partition coefficient (Wildman–Crippen LogP) is 6.13. The summed E-state index contributed by atoms with van der Waals surface area (Å²) in [6, 6.07) is 22.4. The van der Waals surface area contributed by atoms with E-state index in [-0.39, 0.29) is 0 Å². The summed E-state index contributed by atoms with van der Waals surface area (Å²) in [5, 5.41) is 4.20. The third kappa shape index (κ3) is 5.48. The molecule has 0 aromatic heterocycles. The number of nitrogens with one attached hydrogen (secondary N) is 1. The minimum atomic E-state index is 0.547. The van der Waals surface area contributed by atoms with Gasteiger partial charge in [-0.15, -0.1) is 0 Å². The lowest BCUT2D eigenvalue weighted by Crippen LogP contribution is -2.36. The van der Waals surface area contributed by atoms with E-state index in [1.54, 1.807) is 0 Å². The molecule has 0 spiro atoms. The summed E-state index contributed by atoms with van der Waals surface area (Å²) in [7, 11) is 0. The molecule has 0 radical (unpaired) electrons. The summed E-state index contributed by atoms with van der Waals surface area (Å²) >= 11 is 10.2. The van der Waals surface area contributed by atoms with E-state index in [9.17, 15) is 0 Å². The molecule has 4 nitrogen and oxygen atoms in total. The van der Waals surface area contributed by atoms with Crippen molar-refractivity contribution in [3.05, 3.63) is 87.4 Å². The fourth-order valence-corrected chi connectivity index (χ4v) is 4.23. The second-order valence-corrected chi connectivity index (χ2v) is 8.42. The number of hydrogen-bond acceptors (Lipinski definition) is 4. The Morgan fingerprint density at radius 2 is 1.77 bits per heavy atom. The largest absolute Gasteiger partial charge is 0.488 e. The smallest absolute Gasteiger partial charge is 0.134 e. The minimum absolute atomic E-state index is 0.547. The highest BCUT2D eigenvalue weighted by Crippen LogP contribution is 2.30. The molecule has 0 atom stereocenters. The second-order valence-electron chi connectivity index (χ2n) is 7.16. The van der Waals surface area contributed by atoms with Crippen LogP contribution in [0.5, 0.6) is 5.75 Å². The van der Waals surface area contributed by atoms with Gasteiger partial charge >= 0.3 is 0 Å². The number of morpholine rings is 1. The Bertz CT molecular complexity index is 978. The van der Waals surface area contributed by atoms with Crippen LogP contribution in [0.4, 0.5) is 11.4 Å². The Balaban J connectivity index is 1.34. The van der Waals surface area contributed by atoms with Crippen molar-refractivity contribution < 1.29 is 9.47 Å². The van der Waals surface area contributed by atoms with Crippen LogP contribution in [0.3, 0.4) is 0 Å². The molecule has 4 rings (SSSR count). The maximum atomic E-state index is 6.53. The van der Waals surface area contributed by atoms with Crippen LogP contribution in [0.1, 0.15) is 11.1 Å². The lowest BCUT2D eigenvalue weighted by atomic mass is 10.2. The SMILES string of the molecule is Clc1cc(NCc2ccc(OCc3ccccc3)c(Br)c2)ccc1N1CCOCC1. The molecule has 0 bridgehead atoms. The maximum absolute atomic E-state index is 6.53. The van der Waals surface area contributed by atoms with Crippen molar-refractivity contribution in [2.75, 3.05) is 36.5 Å². The van der Waals surface area contributed by atoms with Gasteiger partial charge in [0.2, 0.25) is 0 Å². The van der Waals surface area contributed by atoms with Gasteiger partial charge in [0.15, 0.2) is 0 Å². The molecule has 0 aliphatic carbocycles. The van der Waals surface area contributed by atoms with Crippen molar-refractivity contribution in [1.29, 1.82) is 0 Å². The molecule has 6 heteroatoms. The lowest BCUT2D eigenvalue weighted by Gasteiger charge is -2.29. The normalized spacial score (nSPS) is 13.9. The molecule has 3 aromatic rings. The highest BCUT2D eigenvalue weighted by atomic mass is 79.9. The molecule has 30 heavy (non-hydrogen) atoms. The average molecular weight is 488 g/mol.